The molecule has 0 aliphatic rings. The average molecular weight is 236 g/mol. The summed E-state index contributed by atoms with van der Waals surface area (Å²) >= 11 is 0. The van der Waals surface area contributed by atoms with Crippen LogP contribution in [-0.4, -0.2) is 27.9 Å². The Morgan fingerprint density at radius 1 is 1.06 bits per heavy atom. The van der Waals surface area contributed by atoms with E-state index in [0.29, 0.717) is 5.56 Å². The van der Waals surface area contributed by atoms with E-state index < -0.39 is 11.9 Å². The normalized spacial score (nSPS) is 10.0. The van der Waals surface area contributed by atoms with Gasteiger partial charge in [-0.2, -0.15) is 0 Å². The van der Waals surface area contributed by atoms with Gasteiger partial charge in [0, 0.05) is 6.42 Å². The first-order valence-corrected chi connectivity index (χ1v) is 4.92. The highest BCUT2D eigenvalue weighted by Gasteiger charge is 2.20. The first kappa shape index (κ1) is 12.9. The van der Waals surface area contributed by atoms with Gasteiger partial charge in [-0.15, -0.1) is 0 Å². The smallest absolute Gasteiger partial charge is 0.336 e. The van der Waals surface area contributed by atoms with E-state index in [4.69, 9.17) is 10.2 Å². The van der Waals surface area contributed by atoms with Gasteiger partial charge < -0.3 is 10.2 Å². The molecule has 17 heavy (non-hydrogen) atoms. The second-order valence-corrected chi connectivity index (χ2v) is 3.83. The molecule has 0 spiro atoms. The molecule has 0 saturated heterocycles. The minimum Gasteiger partial charge on any atom is -0.478 e. The molecule has 1 aromatic rings. The third kappa shape index (κ3) is 2.90. The number of carbonyl (C=O) groups is 3. The molecule has 0 aromatic heterocycles. The number of carbonyl (C=O) groups excluding carboxylic acids is 1. The third-order valence-corrected chi connectivity index (χ3v) is 2.28. The number of hydrogen-bond acceptors (Lipinski definition) is 3. The van der Waals surface area contributed by atoms with Crippen molar-refractivity contribution in [2.24, 2.45) is 0 Å². The van der Waals surface area contributed by atoms with Crippen molar-refractivity contribution >= 4 is 17.7 Å². The summed E-state index contributed by atoms with van der Waals surface area (Å²) in [5.74, 6) is -2.74. The molecule has 0 radical (unpaired) electrons. The van der Waals surface area contributed by atoms with E-state index in [1.807, 2.05) is 0 Å². The van der Waals surface area contributed by atoms with Crippen LogP contribution in [0.15, 0.2) is 12.1 Å². The SMILES string of the molecule is CC(=O)Cc1c(C(=O)O)cc(C)cc1C(=O)O. The number of aromatic carboxylic acids is 2. The lowest BCUT2D eigenvalue weighted by Crippen LogP contribution is -2.13. The molecular formula is C12H12O5. The molecule has 1 rings (SSSR count). The van der Waals surface area contributed by atoms with Crippen LogP contribution in [0.25, 0.3) is 0 Å². The Balaban J connectivity index is 3.52. The predicted octanol–water partition coefficient (Wildman–Crippen LogP) is 1.52. The first-order chi connectivity index (χ1) is 7.82. The zero-order valence-corrected chi connectivity index (χ0v) is 9.48. The van der Waals surface area contributed by atoms with Gasteiger partial charge >= 0.3 is 11.9 Å². The van der Waals surface area contributed by atoms with Crippen LogP contribution >= 0.6 is 0 Å². The predicted molar refractivity (Wildman–Crippen MR) is 59.5 cm³/mol. The van der Waals surface area contributed by atoms with E-state index in [1.165, 1.54) is 19.1 Å². The molecule has 2 N–H and O–H groups in total. The Hall–Kier alpha value is -2.17. The summed E-state index contributed by atoms with van der Waals surface area (Å²) in [5, 5.41) is 18.0. The van der Waals surface area contributed by atoms with Gasteiger partial charge in [0.05, 0.1) is 11.1 Å². The van der Waals surface area contributed by atoms with Crippen LogP contribution in [0.2, 0.25) is 0 Å². The highest BCUT2D eigenvalue weighted by molar-refractivity contribution is 5.99. The maximum Gasteiger partial charge on any atom is 0.336 e. The maximum absolute atomic E-state index is 11.1. The molecule has 0 heterocycles. The molecule has 1 aromatic carbocycles. The van der Waals surface area contributed by atoms with Crippen molar-refractivity contribution < 1.29 is 24.6 Å². The van der Waals surface area contributed by atoms with Crippen molar-refractivity contribution in [3.63, 3.8) is 0 Å². The minimum absolute atomic E-state index is 0.0584. The Kier molecular flexibility index (Phi) is 3.62. The fraction of sp³-hybridized carbons (Fsp3) is 0.250. The topological polar surface area (TPSA) is 91.7 Å². The second-order valence-electron chi connectivity index (χ2n) is 3.83. The van der Waals surface area contributed by atoms with Gasteiger partial charge in [0.2, 0.25) is 0 Å². The molecule has 0 aliphatic heterocycles. The number of carboxylic acids is 2. The first-order valence-electron chi connectivity index (χ1n) is 4.92. The zero-order valence-electron chi connectivity index (χ0n) is 9.48. The van der Waals surface area contributed by atoms with Gasteiger partial charge in [-0.05, 0) is 37.1 Å². The van der Waals surface area contributed by atoms with Crippen molar-refractivity contribution in [3.05, 3.63) is 34.4 Å². The van der Waals surface area contributed by atoms with E-state index in [1.54, 1.807) is 6.92 Å². The minimum atomic E-state index is -1.23. The number of carboxylic acid groups (broad SMARTS) is 2. The molecule has 5 heteroatoms. The molecule has 0 bridgehead atoms. The lowest BCUT2D eigenvalue weighted by molar-refractivity contribution is -0.116. The van der Waals surface area contributed by atoms with Crippen LogP contribution < -0.4 is 0 Å². The number of benzene rings is 1. The molecule has 0 aliphatic carbocycles. The highest BCUT2D eigenvalue weighted by atomic mass is 16.4. The Morgan fingerprint density at radius 3 is 1.76 bits per heavy atom. The van der Waals surface area contributed by atoms with Crippen LogP contribution in [0.5, 0.6) is 0 Å². The van der Waals surface area contributed by atoms with Crippen LogP contribution in [0.1, 0.15) is 38.8 Å². The number of ketones is 1. The lowest BCUT2D eigenvalue weighted by atomic mass is 9.94. The molecule has 90 valence electrons. The van der Waals surface area contributed by atoms with E-state index in [9.17, 15) is 14.4 Å². The van der Waals surface area contributed by atoms with Gasteiger partial charge in [-0.1, -0.05) is 0 Å². The molecule has 0 atom stereocenters. The highest BCUT2D eigenvalue weighted by Crippen LogP contribution is 2.19. The molecule has 0 amide bonds. The fourth-order valence-electron chi connectivity index (χ4n) is 1.64. The van der Waals surface area contributed by atoms with Gasteiger partial charge in [-0.25, -0.2) is 9.59 Å². The molecule has 0 unspecified atom stereocenters. The van der Waals surface area contributed by atoms with Crippen LogP contribution in [-0.2, 0) is 11.2 Å². The zero-order chi connectivity index (χ0) is 13.2. The van der Waals surface area contributed by atoms with E-state index in [-0.39, 0.29) is 28.9 Å². The van der Waals surface area contributed by atoms with Gasteiger partial charge in [0.1, 0.15) is 5.78 Å². The summed E-state index contributed by atoms with van der Waals surface area (Å²) in [7, 11) is 0. The van der Waals surface area contributed by atoms with E-state index >= 15 is 0 Å². The summed E-state index contributed by atoms with van der Waals surface area (Å²) < 4.78 is 0. The van der Waals surface area contributed by atoms with Crippen molar-refractivity contribution in [1.82, 2.24) is 0 Å². The van der Waals surface area contributed by atoms with E-state index in [2.05, 4.69) is 0 Å². The van der Waals surface area contributed by atoms with Crippen LogP contribution in [0, 0.1) is 6.92 Å². The largest absolute Gasteiger partial charge is 0.478 e. The van der Waals surface area contributed by atoms with Crippen molar-refractivity contribution in [1.29, 1.82) is 0 Å². The summed E-state index contributed by atoms with van der Waals surface area (Å²) in [6, 6.07) is 2.74. The fourth-order valence-corrected chi connectivity index (χ4v) is 1.64. The molecular weight excluding hydrogens is 224 g/mol. The number of aryl methyl sites for hydroxylation is 1. The third-order valence-electron chi connectivity index (χ3n) is 2.28. The van der Waals surface area contributed by atoms with E-state index in [0.717, 1.165) is 0 Å². The number of rotatable bonds is 4. The van der Waals surface area contributed by atoms with Gasteiger partial charge in [0.25, 0.3) is 0 Å². The second kappa shape index (κ2) is 4.78. The summed E-state index contributed by atoms with van der Waals surface area (Å²) in [5.41, 5.74) is 0.338. The maximum atomic E-state index is 11.1. The van der Waals surface area contributed by atoms with Crippen LogP contribution in [0.4, 0.5) is 0 Å². The molecule has 5 nitrogen and oxygen atoms in total. The standard InChI is InChI=1S/C12H12O5/c1-6-3-9(11(14)15)8(5-7(2)13)10(4-6)12(16)17/h3-4H,5H2,1-2H3,(H,14,15)(H,16,17). The number of hydrogen-bond donors (Lipinski definition) is 2. The molecule has 0 fully saturated rings. The summed E-state index contributed by atoms with van der Waals surface area (Å²) in [6.07, 6.45) is -0.191. The number of Topliss-reactive ketones (excluding diaryl/α,β-unsaturated/α-hetero) is 1. The Labute approximate surface area is 97.7 Å². The van der Waals surface area contributed by atoms with Crippen molar-refractivity contribution in [3.8, 4) is 0 Å². The van der Waals surface area contributed by atoms with Crippen molar-refractivity contribution in [2.75, 3.05) is 0 Å². The van der Waals surface area contributed by atoms with Crippen LogP contribution in [0.3, 0.4) is 0 Å². The van der Waals surface area contributed by atoms with Gasteiger partial charge in [-0.3, -0.25) is 4.79 Å². The summed E-state index contributed by atoms with van der Waals surface area (Å²) in [6.45, 7) is 2.90. The van der Waals surface area contributed by atoms with Crippen molar-refractivity contribution in [2.45, 2.75) is 20.3 Å². The monoisotopic (exact) mass is 236 g/mol. The Morgan fingerprint density at radius 2 is 1.47 bits per heavy atom. The molecule has 0 saturated carbocycles. The van der Waals surface area contributed by atoms with Gasteiger partial charge in [0.15, 0.2) is 0 Å². The average Bonchev–Trinajstić information content (AvgIpc) is 2.18. The summed E-state index contributed by atoms with van der Waals surface area (Å²) in [4.78, 5) is 33.1. The quantitative estimate of drug-likeness (QED) is 0.826. The Bertz CT molecular complexity index is 467. The lowest BCUT2D eigenvalue weighted by Gasteiger charge is -2.09.